The highest BCUT2D eigenvalue weighted by molar-refractivity contribution is 5.82. The van der Waals surface area contributed by atoms with Crippen LogP contribution in [-0.4, -0.2) is 41.2 Å². The van der Waals surface area contributed by atoms with Gasteiger partial charge in [-0.3, -0.25) is 9.78 Å². The molecule has 2 aliphatic heterocycles. The number of carbonyl (C=O) groups excluding carboxylic acids is 1. The maximum atomic E-state index is 14.3. The largest absolute Gasteiger partial charge is 0.487 e. The maximum absolute atomic E-state index is 14.3. The number of hydrogen-bond donors (Lipinski definition) is 1. The first-order chi connectivity index (χ1) is 15.5. The number of aromatic nitrogens is 2. The van der Waals surface area contributed by atoms with E-state index < -0.39 is 6.10 Å². The molecule has 0 fully saturated rings. The molecule has 164 valence electrons. The third kappa shape index (κ3) is 3.84. The van der Waals surface area contributed by atoms with E-state index in [-0.39, 0.29) is 31.0 Å². The lowest BCUT2D eigenvalue weighted by molar-refractivity contribution is -0.130. The standard InChI is InChI=1S/C24H22FN3O4/c1-13-10-26-14(2)22(28-13)18-9-16(25)7-15-8-17(31-23(15)18)11-27-24(29)21-12-30-19-5-3-4-6-20(19)32-21/h3-7,9-10,17,21H,8,11-12H2,1-2H3,(H,27,29)/t17-,21+/m1/s1. The Kier molecular flexibility index (Phi) is 5.13. The second-order valence-electron chi connectivity index (χ2n) is 7.94. The first-order valence-corrected chi connectivity index (χ1v) is 10.4. The highest BCUT2D eigenvalue weighted by Gasteiger charge is 2.31. The summed E-state index contributed by atoms with van der Waals surface area (Å²) in [6.45, 7) is 4.06. The molecule has 2 aliphatic rings. The van der Waals surface area contributed by atoms with E-state index in [0.717, 1.165) is 11.3 Å². The van der Waals surface area contributed by atoms with Crippen LogP contribution in [0.1, 0.15) is 17.0 Å². The molecule has 2 atom stereocenters. The fourth-order valence-electron chi connectivity index (χ4n) is 3.95. The third-order valence-electron chi connectivity index (χ3n) is 5.50. The van der Waals surface area contributed by atoms with Crippen LogP contribution in [0.3, 0.4) is 0 Å². The summed E-state index contributed by atoms with van der Waals surface area (Å²) >= 11 is 0. The van der Waals surface area contributed by atoms with Crippen LogP contribution in [0.25, 0.3) is 11.3 Å². The first-order valence-electron chi connectivity index (χ1n) is 10.4. The van der Waals surface area contributed by atoms with Gasteiger partial charge in [0.1, 0.15) is 24.3 Å². The summed E-state index contributed by atoms with van der Waals surface area (Å²) < 4.78 is 31.8. The zero-order valence-corrected chi connectivity index (χ0v) is 17.7. The molecular weight excluding hydrogens is 413 g/mol. The Balaban J connectivity index is 1.28. The Morgan fingerprint density at radius 1 is 1.19 bits per heavy atom. The van der Waals surface area contributed by atoms with Crippen molar-refractivity contribution in [1.82, 2.24) is 15.3 Å². The number of para-hydroxylation sites is 2. The molecule has 0 saturated carbocycles. The number of benzene rings is 2. The number of halogens is 1. The second-order valence-corrected chi connectivity index (χ2v) is 7.94. The predicted molar refractivity (Wildman–Crippen MR) is 114 cm³/mol. The third-order valence-corrected chi connectivity index (χ3v) is 5.50. The van der Waals surface area contributed by atoms with Crippen molar-refractivity contribution < 1.29 is 23.4 Å². The zero-order chi connectivity index (χ0) is 22.2. The summed E-state index contributed by atoms with van der Waals surface area (Å²) in [6.07, 6.45) is 1.08. The molecule has 1 aromatic heterocycles. The Hall–Kier alpha value is -3.68. The monoisotopic (exact) mass is 435 g/mol. The van der Waals surface area contributed by atoms with Crippen molar-refractivity contribution in [1.29, 1.82) is 0 Å². The second kappa shape index (κ2) is 8.11. The average Bonchev–Trinajstić information content (AvgIpc) is 3.21. The van der Waals surface area contributed by atoms with Crippen LogP contribution in [0.5, 0.6) is 17.2 Å². The van der Waals surface area contributed by atoms with E-state index in [2.05, 4.69) is 15.3 Å². The molecule has 7 nitrogen and oxygen atoms in total. The van der Waals surface area contributed by atoms with Crippen molar-refractivity contribution in [2.24, 2.45) is 0 Å². The van der Waals surface area contributed by atoms with Gasteiger partial charge < -0.3 is 19.5 Å². The van der Waals surface area contributed by atoms with E-state index >= 15 is 0 Å². The molecule has 0 saturated heterocycles. The lowest BCUT2D eigenvalue weighted by Crippen LogP contribution is -2.46. The summed E-state index contributed by atoms with van der Waals surface area (Å²) in [7, 11) is 0. The van der Waals surface area contributed by atoms with Crippen LogP contribution in [0, 0.1) is 19.7 Å². The molecule has 0 spiro atoms. The molecule has 32 heavy (non-hydrogen) atoms. The SMILES string of the molecule is Cc1cnc(C)c(-c2cc(F)cc3c2O[C@@H](CNC(=O)[C@@H]2COc4ccccc4O2)C3)n1. The van der Waals surface area contributed by atoms with E-state index in [4.69, 9.17) is 14.2 Å². The van der Waals surface area contributed by atoms with E-state index in [0.29, 0.717) is 40.6 Å². The van der Waals surface area contributed by atoms with Crippen molar-refractivity contribution in [3.8, 4) is 28.5 Å². The van der Waals surface area contributed by atoms with Crippen LogP contribution in [0.4, 0.5) is 4.39 Å². The average molecular weight is 435 g/mol. The smallest absolute Gasteiger partial charge is 0.264 e. The Labute approximate surface area is 184 Å². The van der Waals surface area contributed by atoms with Gasteiger partial charge in [-0.15, -0.1) is 0 Å². The summed E-state index contributed by atoms with van der Waals surface area (Å²) in [5.41, 5.74) is 3.34. The van der Waals surface area contributed by atoms with Gasteiger partial charge in [0.25, 0.3) is 5.91 Å². The summed E-state index contributed by atoms with van der Waals surface area (Å²) in [5, 5.41) is 2.86. The summed E-state index contributed by atoms with van der Waals surface area (Å²) in [4.78, 5) is 21.5. The van der Waals surface area contributed by atoms with Gasteiger partial charge in [0.2, 0.25) is 6.10 Å². The van der Waals surface area contributed by atoms with Crippen molar-refractivity contribution >= 4 is 5.91 Å². The quantitative estimate of drug-likeness (QED) is 0.678. The molecule has 0 aliphatic carbocycles. The fourth-order valence-corrected chi connectivity index (χ4v) is 3.95. The number of nitrogens with zero attached hydrogens (tertiary/aromatic N) is 2. The highest BCUT2D eigenvalue weighted by Crippen LogP contribution is 2.39. The van der Waals surface area contributed by atoms with Gasteiger partial charge in [-0.05, 0) is 38.1 Å². The van der Waals surface area contributed by atoms with E-state index in [9.17, 15) is 9.18 Å². The number of carbonyl (C=O) groups is 1. The van der Waals surface area contributed by atoms with E-state index in [1.54, 1.807) is 18.3 Å². The van der Waals surface area contributed by atoms with Gasteiger partial charge in [-0.25, -0.2) is 9.37 Å². The normalized spacial score (nSPS) is 18.6. The molecule has 5 rings (SSSR count). The summed E-state index contributed by atoms with van der Waals surface area (Å²) in [5.74, 6) is 1.10. The highest BCUT2D eigenvalue weighted by atomic mass is 19.1. The van der Waals surface area contributed by atoms with Crippen LogP contribution in [0.2, 0.25) is 0 Å². The fraction of sp³-hybridized carbons (Fsp3) is 0.292. The van der Waals surface area contributed by atoms with Gasteiger partial charge in [-0.2, -0.15) is 0 Å². The Morgan fingerprint density at radius 3 is 2.84 bits per heavy atom. The number of ether oxygens (including phenoxy) is 3. The van der Waals surface area contributed by atoms with Gasteiger partial charge in [-0.1, -0.05) is 12.1 Å². The number of fused-ring (bicyclic) bond motifs is 2. The van der Waals surface area contributed by atoms with E-state index in [1.165, 1.54) is 12.1 Å². The zero-order valence-electron chi connectivity index (χ0n) is 17.7. The van der Waals surface area contributed by atoms with Crippen LogP contribution in [0.15, 0.2) is 42.6 Å². The molecule has 0 radical (unpaired) electrons. The molecule has 8 heteroatoms. The van der Waals surface area contributed by atoms with Crippen molar-refractivity contribution in [2.75, 3.05) is 13.2 Å². The number of aryl methyl sites for hydroxylation is 2. The first kappa shape index (κ1) is 20.2. The lowest BCUT2D eigenvalue weighted by atomic mass is 10.0. The summed E-state index contributed by atoms with van der Waals surface area (Å²) in [6, 6.07) is 10.1. The van der Waals surface area contributed by atoms with Crippen LogP contribution < -0.4 is 19.5 Å². The van der Waals surface area contributed by atoms with Gasteiger partial charge >= 0.3 is 0 Å². The van der Waals surface area contributed by atoms with Crippen molar-refractivity contribution in [3.63, 3.8) is 0 Å². The number of nitrogens with one attached hydrogen (secondary N) is 1. The van der Waals surface area contributed by atoms with Crippen LogP contribution in [-0.2, 0) is 11.2 Å². The van der Waals surface area contributed by atoms with Crippen LogP contribution >= 0.6 is 0 Å². The molecule has 3 heterocycles. The Bertz CT molecular complexity index is 1200. The molecule has 0 unspecified atom stereocenters. The lowest BCUT2D eigenvalue weighted by Gasteiger charge is -2.26. The molecule has 2 aromatic carbocycles. The van der Waals surface area contributed by atoms with E-state index in [1.807, 2.05) is 26.0 Å². The van der Waals surface area contributed by atoms with Crippen molar-refractivity contribution in [3.05, 3.63) is 65.4 Å². The molecular formula is C24H22FN3O4. The Morgan fingerprint density at radius 2 is 2.00 bits per heavy atom. The van der Waals surface area contributed by atoms with Gasteiger partial charge in [0.15, 0.2) is 11.5 Å². The molecule has 3 aromatic rings. The minimum absolute atomic E-state index is 0.134. The van der Waals surface area contributed by atoms with Crippen molar-refractivity contribution in [2.45, 2.75) is 32.5 Å². The molecule has 1 amide bonds. The number of hydrogen-bond acceptors (Lipinski definition) is 6. The number of amides is 1. The predicted octanol–water partition coefficient (Wildman–Crippen LogP) is 3.16. The molecule has 1 N–H and O–H groups in total. The number of rotatable bonds is 4. The van der Waals surface area contributed by atoms with Gasteiger partial charge in [0.05, 0.1) is 23.6 Å². The van der Waals surface area contributed by atoms with Gasteiger partial charge in [0, 0.05) is 23.7 Å². The topological polar surface area (TPSA) is 82.6 Å². The maximum Gasteiger partial charge on any atom is 0.264 e. The molecule has 0 bridgehead atoms. The minimum Gasteiger partial charge on any atom is -0.487 e. The minimum atomic E-state index is -0.744.